The van der Waals surface area contributed by atoms with Crippen LogP contribution in [0.1, 0.15) is 76.6 Å². The number of unbranched alkanes of at least 4 members (excludes halogenated alkanes) is 2. The highest BCUT2D eigenvalue weighted by atomic mass is 35.5. The number of alkyl halides is 3. The molecule has 24 heteroatoms. The molecule has 0 bridgehead atoms. The molecule has 6 rings (SSSR count). The maximum Gasteiger partial charge on any atom is 0.435 e. The number of hydrogen-bond acceptors (Lipinski definition) is 12. The fourth-order valence-corrected chi connectivity index (χ4v) is 6.61. The molecule has 0 radical (unpaired) electrons. The summed E-state index contributed by atoms with van der Waals surface area (Å²) in [6.45, 7) is 9.02. The molecule has 1 unspecified atom stereocenters. The number of carbonyl (C=O) groups is 7. The van der Waals surface area contributed by atoms with E-state index < -0.39 is 35.6 Å². The molecular weight excluding hydrogens is 1020 g/mol. The molecule has 1 atom stereocenters. The smallest absolute Gasteiger partial charge is 0.435 e. The number of carbonyl (C=O) groups excluding carboxylic acids is 7. The van der Waals surface area contributed by atoms with E-state index in [0.29, 0.717) is 65.5 Å². The number of imide groups is 1. The van der Waals surface area contributed by atoms with Crippen molar-refractivity contribution in [2.45, 2.75) is 78.6 Å². The quantitative estimate of drug-likeness (QED) is 0.00961. The molecule has 76 heavy (non-hydrogen) atoms. The van der Waals surface area contributed by atoms with Gasteiger partial charge in [0.1, 0.15) is 12.4 Å². The van der Waals surface area contributed by atoms with Gasteiger partial charge in [-0.05, 0) is 97.3 Å². The molecule has 0 spiro atoms. The fraction of sp³-hybridized carbons (Fsp3) is 0.308. The molecule has 5 aromatic rings. The Hall–Kier alpha value is -8.47. The number of rotatable bonds is 22. The lowest BCUT2D eigenvalue weighted by atomic mass is 10.0. The van der Waals surface area contributed by atoms with E-state index in [1.807, 2.05) is 13.8 Å². The van der Waals surface area contributed by atoms with Gasteiger partial charge in [0.25, 0.3) is 11.8 Å². The van der Waals surface area contributed by atoms with Gasteiger partial charge in [0.05, 0.1) is 11.6 Å². The molecule has 0 saturated carbocycles. The highest BCUT2D eigenvalue weighted by molar-refractivity contribution is 6.31. The summed E-state index contributed by atoms with van der Waals surface area (Å²) in [5.74, 6) is -1.66. The normalized spacial score (nSPS) is 12.3. The van der Waals surface area contributed by atoms with E-state index in [1.54, 1.807) is 48.5 Å². The van der Waals surface area contributed by atoms with Crippen LogP contribution in [0.2, 0.25) is 5.02 Å². The van der Waals surface area contributed by atoms with Gasteiger partial charge in [0.15, 0.2) is 11.5 Å². The van der Waals surface area contributed by atoms with E-state index in [9.17, 15) is 51.1 Å². The third-order valence-corrected chi connectivity index (χ3v) is 11.0. The number of esters is 1. The maximum absolute atomic E-state index is 13.6. The molecule has 3 heterocycles. The zero-order valence-corrected chi connectivity index (χ0v) is 42.7. The molecule has 0 fully saturated rings. The lowest BCUT2D eigenvalue weighted by Crippen LogP contribution is -2.35. The average molecular weight is 1080 g/mol. The van der Waals surface area contributed by atoms with Crippen molar-refractivity contribution in [3.05, 3.63) is 131 Å². The van der Waals surface area contributed by atoms with Gasteiger partial charge >= 0.3 is 18.2 Å². The van der Waals surface area contributed by atoms with E-state index in [2.05, 4.69) is 55.5 Å². The molecule has 3 aromatic carbocycles. The van der Waals surface area contributed by atoms with Gasteiger partial charge in [-0.25, -0.2) is 23.6 Å². The minimum Gasteiger partial charge on any atom is -0.458 e. The highest BCUT2D eigenvalue weighted by Gasteiger charge is 2.34. The number of benzene rings is 3. The number of amides is 7. The fourth-order valence-electron chi connectivity index (χ4n) is 6.43. The Balaban J connectivity index is 0.000000380. The molecular formula is C52H58ClF4N11O8. The first kappa shape index (κ1) is 60.1. The summed E-state index contributed by atoms with van der Waals surface area (Å²) in [5.41, 5.74) is 6.48. The highest BCUT2D eigenvalue weighted by Crippen LogP contribution is 2.31. The second-order valence-corrected chi connectivity index (χ2v) is 17.4. The van der Waals surface area contributed by atoms with E-state index in [0.717, 1.165) is 48.7 Å². The van der Waals surface area contributed by atoms with Gasteiger partial charge in [-0.15, -0.1) is 0 Å². The van der Waals surface area contributed by atoms with Crippen LogP contribution in [-0.4, -0.2) is 92.4 Å². The third kappa shape index (κ3) is 20.4. The number of halogens is 5. The van der Waals surface area contributed by atoms with E-state index in [1.165, 1.54) is 47.5 Å². The molecule has 2 aromatic heterocycles. The molecule has 0 aliphatic carbocycles. The Morgan fingerprint density at radius 3 is 2.24 bits per heavy atom. The van der Waals surface area contributed by atoms with Crippen molar-refractivity contribution in [3.63, 3.8) is 0 Å². The Kier molecular flexibility index (Phi) is 23.7. The summed E-state index contributed by atoms with van der Waals surface area (Å²) < 4.78 is 60.1. The summed E-state index contributed by atoms with van der Waals surface area (Å²) in [7, 11) is 0. The van der Waals surface area contributed by atoms with Crippen LogP contribution in [0.4, 0.5) is 39.7 Å². The molecule has 0 saturated heterocycles. The number of urea groups is 1. The number of nitrogens with zero attached hydrogens (tertiary/aromatic N) is 5. The first-order valence-electron chi connectivity index (χ1n) is 23.8. The van der Waals surface area contributed by atoms with Gasteiger partial charge in [-0.2, -0.15) is 23.3 Å². The van der Waals surface area contributed by atoms with Crippen LogP contribution in [-0.2, 0) is 46.3 Å². The van der Waals surface area contributed by atoms with Crippen LogP contribution in [0.5, 0.6) is 0 Å². The number of nitrogens with one attached hydrogen (secondary N) is 5. The second-order valence-electron chi connectivity index (χ2n) is 17.0. The molecule has 1 aliphatic heterocycles. The molecule has 19 nitrogen and oxygen atoms in total. The molecule has 7 N–H and O–H groups in total. The first-order chi connectivity index (χ1) is 36.2. The summed E-state index contributed by atoms with van der Waals surface area (Å²) in [5, 5.41) is 16.6. The van der Waals surface area contributed by atoms with Crippen LogP contribution in [0.25, 0.3) is 23.0 Å². The summed E-state index contributed by atoms with van der Waals surface area (Å²) in [6.07, 6.45) is 7.32. The largest absolute Gasteiger partial charge is 0.458 e. The molecule has 1 aliphatic rings. The van der Waals surface area contributed by atoms with E-state index in [-0.39, 0.29) is 53.7 Å². The number of anilines is 3. The predicted molar refractivity (Wildman–Crippen MR) is 277 cm³/mol. The lowest BCUT2D eigenvalue weighted by molar-refractivity contribution is -0.141. The first-order valence-corrected chi connectivity index (χ1v) is 24.1. The minimum atomic E-state index is -4.69. The summed E-state index contributed by atoms with van der Waals surface area (Å²) in [4.78, 5) is 88.5. The number of primary amides is 1. The van der Waals surface area contributed by atoms with Crippen molar-refractivity contribution in [1.29, 1.82) is 0 Å². The summed E-state index contributed by atoms with van der Waals surface area (Å²) in [6, 6.07) is 17.7. The van der Waals surface area contributed by atoms with Crippen LogP contribution in [0.15, 0.2) is 103 Å². The summed E-state index contributed by atoms with van der Waals surface area (Å²) >= 11 is 5.86. The Morgan fingerprint density at radius 2 is 1.62 bits per heavy atom. The SMILES string of the molecule is CC(C)C(C)NC(=O)CCCCCN1C(=O)C=CC1=O.CCCNC(N)=O.O=CNCC(=O)Nc1ccc(COC(=O)/C=C/c2cccc(-c3cnc(Nc4ccc(F)c(Cl)c4)nc3-n3ccc(C(F)(F)F)n3)c2)cc1. The van der Waals surface area contributed by atoms with Crippen LogP contribution < -0.4 is 32.3 Å². The topological polar surface area (TPSA) is 262 Å². The monoisotopic (exact) mass is 1080 g/mol. The standard InChI is InChI=1S/C33H24ClF4N7O4.C15H24N2O3.C4H10N2O/c34-26-15-24(9-10-27(26)35)42-32-40-16-25(31(43-32)45-13-12-28(44-45)33(36,37)38)22-3-1-2-20(14-22)6-11-30(48)49-18-21-4-7-23(8-5-21)41-29(47)17-39-19-46;1-11(2)12(3)16-13(18)7-5-4-6-10-17-14(19)8-9-15(17)20;1-2-3-6-4(5)7/h1-16,19H,17-18H2,(H,39,46)(H,41,47)(H,40,42,43);8-9,11-12H,4-7,10H2,1-3H3,(H,16,18);2-3H2,1H3,(H3,5,6,7)/b11-6+;;. The van der Waals surface area contributed by atoms with Crippen molar-refractivity contribution in [2.24, 2.45) is 11.7 Å². The van der Waals surface area contributed by atoms with Crippen LogP contribution in [0, 0.1) is 11.7 Å². The number of aromatic nitrogens is 4. The number of hydrogen-bond donors (Lipinski definition) is 6. The predicted octanol–water partition coefficient (Wildman–Crippen LogP) is 8.02. The van der Waals surface area contributed by atoms with Crippen molar-refractivity contribution < 1.29 is 55.9 Å². The second kappa shape index (κ2) is 30.0. The Morgan fingerprint density at radius 1 is 0.908 bits per heavy atom. The van der Waals surface area contributed by atoms with Gasteiger partial charge in [-0.3, -0.25) is 28.9 Å². The maximum atomic E-state index is 13.6. The zero-order valence-electron chi connectivity index (χ0n) is 42.0. The number of ether oxygens (including phenoxy) is 1. The van der Waals surface area contributed by atoms with Gasteiger partial charge in [-0.1, -0.05) is 69.1 Å². The zero-order chi connectivity index (χ0) is 55.8. The van der Waals surface area contributed by atoms with Gasteiger partial charge < -0.3 is 37.1 Å². The molecule has 404 valence electrons. The Bertz CT molecular complexity index is 2840. The minimum absolute atomic E-state index is 0.00460. The van der Waals surface area contributed by atoms with Crippen molar-refractivity contribution in [1.82, 2.24) is 40.6 Å². The molecule has 7 amide bonds. The van der Waals surface area contributed by atoms with Gasteiger partial charge in [0.2, 0.25) is 24.2 Å². The van der Waals surface area contributed by atoms with E-state index >= 15 is 0 Å². The average Bonchev–Trinajstić information content (AvgIpc) is 4.02. The third-order valence-electron chi connectivity index (χ3n) is 10.7. The Labute approximate surface area is 440 Å². The van der Waals surface area contributed by atoms with E-state index in [4.69, 9.17) is 22.1 Å². The van der Waals surface area contributed by atoms with Crippen LogP contribution >= 0.6 is 11.6 Å². The van der Waals surface area contributed by atoms with Crippen molar-refractivity contribution in [2.75, 3.05) is 30.3 Å². The van der Waals surface area contributed by atoms with Gasteiger partial charge in [0, 0.05) is 73.1 Å². The van der Waals surface area contributed by atoms with Crippen molar-refractivity contribution in [3.8, 4) is 16.9 Å². The lowest BCUT2D eigenvalue weighted by Gasteiger charge is -2.17. The number of nitrogens with two attached hydrogens (primary N) is 1. The van der Waals surface area contributed by atoms with Crippen LogP contribution in [0.3, 0.4) is 0 Å². The van der Waals surface area contributed by atoms with Crippen molar-refractivity contribution >= 4 is 77.0 Å².